The van der Waals surface area contributed by atoms with Crippen molar-refractivity contribution in [3.05, 3.63) is 35.4 Å². The second-order valence-electron chi connectivity index (χ2n) is 5.11. The third kappa shape index (κ3) is 3.28. The average Bonchev–Trinajstić information content (AvgIpc) is 2.73. The van der Waals surface area contributed by atoms with Crippen LogP contribution in [0, 0.1) is 12.8 Å². The summed E-state index contributed by atoms with van der Waals surface area (Å²) < 4.78 is 5.61. The van der Waals surface area contributed by atoms with Crippen LogP contribution in [0.2, 0.25) is 0 Å². The van der Waals surface area contributed by atoms with E-state index in [1.54, 1.807) is 0 Å². The molecule has 17 heavy (non-hydrogen) atoms. The molecule has 1 saturated heterocycles. The van der Waals surface area contributed by atoms with E-state index in [0.717, 1.165) is 19.4 Å². The number of aryl methyl sites for hydroxylation is 1. The zero-order valence-corrected chi connectivity index (χ0v) is 10.6. The van der Waals surface area contributed by atoms with Crippen molar-refractivity contribution in [1.82, 2.24) is 5.43 Å². The summed E-state index contributed by atoms with van der Waals surface area (Å²) in [6, 6.07) is 8.92. The van der Waals surface area contributed by atoms with Gasteiger partial charge in [-0.3, -0.25) is 11.3 Å². The van der Waals surface area contributed by atoms with E-state index in [4.69, 9.17) is 10.6 Å². The smallest absolute Gasteiger partial charge is 0.0551 e. The topological polar surface area (TPSA) is 47.3 Å². The summed E-state index contributed by atoms with van der Waals surface area (Å²) in [4.78, 5) is 0. The Balaban J connectivity index is 2.00. The molecule has 0 saturated carbocycles. The van der Waals surface area contributed by atoms with Crippen molar-refractivity contribution >= 4 is 0 Å². The standard InChI is InChI=1S/C14H22N2O/c1-10-4-3-5-12(6-10)8-14(16-15)13-7-11(2)17-9-13/h3-6,11,13-14,16H,7-9,15H2,1-2H3. The first-order valence-electron chi connectivity index (χ1n) is 6.32. The summed E-state index contributed by atoms with van der Waals surface area (Å²) in [5.41, 5.74) is 5.59. The van der Waals surface area contributed by atoms with Crippen molar-refractivity contribution in [2.45, 2.75) is 38.8 Å². The van der Waals surface area contributed by atoms with Crippen LogP contribution >= 0.6 is 0 Å². The minimum Gasteiger partial charge on any atom is -0.378 e. The van der Waals surface area contributed by atoms with E-state index in [1.807, 2.05) is 0 Å². The molecule has 0 aromatic heterocycles. The molecule has 0 radical (unpaired) electrons. The largest absolute Gasteiger partial charge is 0.378 e. The lowest BCUT2D eigenvalue weighted by Gasteiger charge is -2.21. The first-order chi connectivity index (χ1) is 8.19. The third-order valence-electron chi connectivity index (χ3n) is 3.55. The molecule has 3 unspecified atom stereocenters. The lowest BCUT2D eigenvalue weighted by Crippen LogP contribution is -2.42. The quantitative estimate of drug-likeness (QED) is 0.617. The van der Waals surface area contributed by atoms with Crippen molar-refractivity contribution in [3.8, 4) is 0 Å². The zero-order valence-electron chi connectivity index (χ0n) is 10.6. The van der Waals surface area contributed by atoms with Crippen molar-refractivity contribution < 1.29 is 4.74 Å². The maximum atomic E-state index is 5.68. The SMILES string of the molecule is Cc1cccc(CC(NN)C2COC(C)C2)c1. The molecule has 0 amide bonds. The second kappa shape index (κ2) is 5.63. The molecular weight excluding hydrogens is 212 g/mol. The molecule has 2 rings (SSSR count). The van der Waals surface area contributed by atoms with Crippen LogP contribution in [0.4, 0.5) is 0 Å². The van der Waals surface area contributed by atoms with Crippen molar-refractivity contribution in [1.29, 1.82) is 0 Å². The molecule has 1 heterocycles. The van der Waals surface area contributed by atoms with E-state index in [9.17, 15) is 0 Å². The third-order valence-corrected chi connectivity index (χ3v) is 3.55. The van der Waals surface area contributed by atoms with Crippen LogP contribution in [0.25, 0.3) is 0 Å². The fourth-order valence-electron chi connectivity index (χ4n) is 2.59. The molecule has 0 spiro atoms. The number of rotatable bonds is 4. The van der Waals surface area contributed by atoms with Gasteiger partial charge in [0.2, 0.25) is 0 Å². The van der Waals surface area contributed by atoms with Gasteiger partial charge in [0.25, 0.3) is 0 Å². The van der Waals surface area contributed by atoms with Gasteiger partial charge in [0.1, 0.15) is 0 Å². The molecule has 1 aromatic rings. The minimum atomic E-state index is 0.307. The van der Waals surface area contributed by atoms with Crippen LogP contribution in [0.15, 0.2) is 24.3 Å². The van der Waals surface area contributed by atoms with Crippen molar-refractivity contribution in [2.24, 2.45) is 11.8 Å². The van der Waals surface area contributed by atoms with E-state index >= 15 is 0 Å². The molecule has 1 fully saturated rings. The van der Waals surface area contributed by atoms with Gasteiger partial charge in [0.15, 0.2) is 0 Å². The van der Waals surface area contributed by atoms with E-state index in [0.29, 0.717) is 18.1 Å². The van der Waals surface area contributed by atoms with Crippen LogP contribution in [-0.2, 0) is 11.2 Å². The fraction of sp³-hybridized carbons (Fsp3) is 0.571. The second-order valence-corrected chi connectivity index (χ2v) is 5.11. The predicted octanol–water partition coefficient (Wildman–Crippen LogP) is 1.79. The van der Waals surface area contributed by atoms with Gasteiger partial charge in [0.05, 0.1) is 12.7 Å². The Morgan fingerprint density at radius 1 is 1.53 bits per heavy atom. The molecule has 1 aliphatic rings. The maximum Gasteiger partial charge on any atom is 0.0551 e. The van der Waals surface area contributed by atoms with Gasteiger partial charge in [0, 0.05) is 12.0 Å². The Morgan fingerprint density at radius 3 is 2.94 bits per heavy atom. The highest BCUT2D eigenvalue weighted by Crippen LogP contribution is 2.24. The summed E-state index contributed by atoms with van der Waals surface area (Å²) in [5.74, 6) is 6.20. The van der Waals surface area contributed by atoms with E-state index in [1.165, 1.54) is 11.1 Å². The van der Waals surface area contributed by atoms with Gasteiger partial charge in [-0.1, -0.05) is 29.8 Å². The first kappa shape index (κ1) is 12.6. The Bertz CT molecular complexity index is 367. The lowest BCUT2D eigenvalue weighted by molar-refractivity contribution is 0.117. The Hall–Kier alpha value is -0.900. The van der Waals surface area contributed by atoms with Crippen LogP contribution in [0.3, 0.4) is 0 Å². The molecule has 3 nitrogen and oxygen atoms in total. The molecule has 94 valence electrons. The molecule has 3 atom stereocenters. The molecule has 1 aliphatic heterocycles. The highest BCUT2D eigenvalue weighted by atomic mass is 16.5. The molecule has 1 aromatic carbocycles. The van der Waals surface area contributed by atoms with Gasteiger partial charge in [-0.2, -0.15) is 0 Å². The van der Waals surface area contributed by atoms with E-state index < -0.39 is 0 Å². The fourth-order valence-corrected chi connectivity index (χ4v) is 2.59. The number of hydrogen-bond donors (Lipinski definition) is 2. The number of benzene rings is 1. The van der Waals surface area contributed by atoms with Crippen LogP contribution in [0.5, 0.6) is 0 Å². The van der Waals surface area contributed by atoms with Crippen LogP contribution in [0.1, 0.15) is 24.5 Å². The lowest BCUT2D eigenvalue weighted by atomic mass is 9.91. The Kier molecular flexibility index (Phi) is 4.15. The summed E-state index contributed by atoms with van der Waals surface area (Å²) in [6.07, 6.45) is 2.44. The zero-order chi connectivity index (χ0) is 12.3. The minimum absolute atomic E-state index is 0.307. The molecule has 3 N–H and O–H groups in total. The predicted molar refractivity (Wildman–Crippen MR) is 69.5 cm³/mol. The molecule has 0 bridgehead atoms. The van der Waals surface area contributed by atoms with E-state index in [-0.39, 0.29) is 0 Å². The van der Waals surface area contributed by atoms with Gasteiger partial charge < -0.3 is 4.74 Å². The first-order valence-corrected chi connectivity index (χ1v) is 6.32. The molecule has 3 heteroatoms. The van der Waals surface area contributed by atoms with Gasteiger partial charge in [-0.05, 0) is 32.3 Å². The maximum absolute atomic E-state index is 5.68. The van der Waals surface area contributed by atoms with Crippen LogP contribution < -0.4 is 11.3 Å². The number of hydrazine groups is 1. The highest BCUT2D eigenvalue weighted by Gasteiger charge is 2.28. The average molecular weight is 234 g/mol. The summed E-state index contributed by atoms with van der Waals surface area (Å²) in [6.45, 7) is 5.07. The summed E-state index contributed by atoms with van der Waals surface area (Å²) in [5, 5.41) is 0. The number of nitrogens with one attached hydrogen (secondary N) is 1. The number of hydrogen-bond acceptors (Lipinski definition) is 3. The van der Waals surface area contributed by atoms with Gasteiger partial charge >= 0.3 is 0 Å². The number of nitrogens with two attached hydrogens (primary N) is 1. The summed E-state index contributed by atoms with van der Waals surface area (Å²) >= 11 is 0. The van der Waals surface area contributed by atoms with Gasteiger partial charge in [-0.25, -0.2) is 0 Å². The van der Waals surface area contributed by atoms with Crippen molar-refractivity contribution in [2.75, 3.05) is 6.61 Å². The molecular formula is C14H22N2O. The Labute approximate surface area is 103 Å². The van der Waals surface area contributed by atoms with Crippen molar-refractivity contribution in [3.63, 3.8) is 0 Å². The molecule has 0 aliphatic carbocycles. The highest BCUT2D eigenvalue weighted by molar-refractivity contribution is 5.23. The summed E-state index contributed by atoms with van der Waals surface area (Å²) in [7, 11) is 0. The van der Waals surface area contributed by atoms with Gasteiger partial charge in [-0.15, -0.1) is 0 Å². The normalized spacial score (nSPS) is 26.1. The number of ether oxygens (including phenoxy) is 1. The Morgan fingerprint density at radius 2 is 2.35 bits per heavy atom. The van der Waals surface area contributed by atoms with E-state index in [2.05, 4.69) is 43.5 Å². The monoisotopic (exact) mass is 234 g/mol. The van der Waals surface area contributed by atoms with Crippen LogP contribution in [-0.4, -0.2) is 18.8 Å².